The zero-order valence-electron chi connectivity index (χ0n) is 27.3. The molecule has 0 aromatic heterocycles. The van der Waals surface area contributed by atoms with Crippen LogP contribution >= 0.6 is 0 Å². The van der Waals surface area contributed by atoms with Crippen molar-refractivity contribution in [3.63, 3.8) is 0 Å². The van der Waals surface area contributed by atoms with Gasteiger partial charge < -0.3 is 9.47 Å². The van der Waals surface area contributed by atoms with Crippen molar-refractivity contribution in [2.45, 2.75) is 79.1 Å². The number of fused-ring (bicyclic) bond motifs is 2. The van der Waals surface area contributed by atoms with E-state index in [0.717, 1.165) is 37.6 Å². The van der Waals surface area contributed by atoms with Crippen LogP contribution in [0.25, 0.3) is 43.8 Å². The van der Waals surface area contributed by atoms with Crippen molar-refractivity contribution in [2.24, 2.45) is 11.8 Å². The number of unbranched alkanes of at least 4 members (excludes halogenated alkanes) is 2. The Bertz CT molecular complexity index is 1420. The smallest absolute Gasteiger partial charge is 0.119 e. The molecule has 2 heteroatoms. The highest BCUT2D eigenvalue weighted by Crippen LogP contribution is 2.44. The number of ether oxygens (including phenoxy) is 2. The maximum Gasteiger partial charge on any atom is 0.119 e. The molecule has 0 fully saturated rings. The molecule has 0 aliphatic carbocycles. The van der Waals surface area contributed by atoms with Gasteiger partial charge >= 0.3 is 0 Å². The third kappa shape index (κ3) is 7.46. The van der Waals surface area contributed by atoms with E-state index in [9.17, 15) is 0 Å². The van der Waals surface area contributed by atoms with E-state index in [1.54, 1.807) is 0 Å². The van der Waals surface area contributed by atoms with Crippen molar-refractivity contribution in [2.75, 3.05) is 13.2 Å². The van der Waals surface area contributed by atoms with Crippen LogP contribution in [-0.2, 0) is 0 Å². The van der Waals surface area contributed by atoms with Crippen LogP contribution in [0, 0.1) is 11.8 Å². The summed E-state index contributed by atoms with van der Waals surface area (Å²) in [4.78, 5) is 0. The molecule has 0 saturated carbocycles. The molecular weight excluding hydrogens is 536 g/mol. The second kappa shape index (κ2) is 15.8. The number of hydrogen-bond donors (Lipinski definition) is 0. The lowest BCUT2D eigenvalue weighted by Gasteiger charge is -2.19. The van der Waals surface area contributed by atoms with Gasteiger partial charge in [-0.25, -0.2) is 0 Å². The largest absolute Gasteiger partial charge is 0.493 e. The minimum atomic E-state index is 0.620. The van der Waals surface area contributed by atoms with Gasteiger partial charge in [-0.15, -0.1) is 0 Å². The van der Waals surface area contributed by atoms with Gasteiger partial charge in [-0.1, -0.05) is 139 Å². The summed E-state index contributed by atoms with van der Waals surface area (Å²) in [5, 5.41) is 5.06. The summed E-state index contributed by atoms with van der Waals surface area (Å²) >= 11 is 0. The van der Waals surface area contributed by atoms with Crippen LogP contribution < -0.4 is 9.47 Å². The van der Waals surface area contributed by atoms with Gasteiger partial charge in [-0.05, 0) is 92.7 Å². The molecule has 5 aromatic carbocycles. The number of benzene rings is 5. The highest BCUT2D eigenvalue weighted by molar-refractivity contribution is 6.21. The first-order chi connectivity index (χ1) is 21.7. The monoisotopic (exact) mass is 586 g/mol. The predicted molar refractivity (Wildman–Crippen MR) is 190 cm³/mol. The quantitative estimate of drug-likeness (QED) is 0.107. The van der Waals surface area contributed by atoms with Gasteiger partial charge in [0.15, 0.2) is 0 Å². The molecule has 2 nitrogen and oxygen atoms in total. The van der Waals surface area contributed by atoms with Crippen LogP contribution in [-0.4, -0.2) is 13.2 Å². The molecule has 0 aliphatic heterocycles. The Balaban J connectivity index is 1.46. The Morgan fingerprint density at radius 3 is 1.09 bits per heavy atom. The average Bonchev–Trinajstić information content (AvgIpc) is 3.08. The molecule has 0 bridgehead atoms. The predicted octanol–water partition coefficient (Wildman–Crippen LogP) is 12.5. The van der Waals surface area contributed by atoms with Crippen LogP contribution in [0.3, 0.4) is 0 Å². The van der Waals surface area contributed by atoms with Crippen LogP contribution in [0.2, 0.25) is 0 Å². The summed E-state index contributed by atoms with van der Waals surface area (Å²) < 4.78 is 12.5. The molecule has 0 heterocycles. The molecule has 0 spiro atoms. The Morgan fingerprint density at radius 2 is 0.795 bits per heavy atom. The molecule has 2 atom stereocenters. The Morgan fingerprint density at radius 1 is 0.455 bits per heavy atom. The summed E-state index contributed by atoms with van der Waals surface area (Å²) in [5.74, 6) is 3.14. The summed E-state index contributed by atoms with van der Waals surface area (Å²) in [6.45, 7) is 10.6. The SMILES string of the molecule is CCCCC(CC)COc1ccc(-c2c3ccccc3c(-c3ccc(OCC(CC)CCCC)cc3)c3ccccc23)cc1. The molecule has 5 rings (SSSR count). The van der Waals surface area contributed by atoms with Gasteiger partial charge in [0.25, 0.3) is 0 Å². The fourth-order valence-corrected chi connectivity index (χ4v) is 6.41. The van der Waals surface area contributed by atoms with Crippen molar-refractivity contribution in [1.29, 1.82) is 0 Å². The fraction of sp³-hybridized carbons (Fsp3) is 0.381. The molecule has 0 radical (unpaired) electrons. The lowest BCUT2D eigenvalue weighted by molar-refractivity contribution is 0.233. The van der Waals surface area contributed by atoms with Crippen molar-refractivity contribution in [1.82, 2.24) is 0 Å². The zero-order chi connectivity index (χ0) is 30.7. The molecule has 44 heavy (non-hydrogen) atoms. The first-order valence-electron chi connectivity index (χ1n) is 17.1. The average molecular weight is 587 g/mol. The van der Waals surface area contributed by atoms with Crippen molar-refractivity contribution in [3.8, 4) is 33.8 Å². The Kier molecular flexibility index (Phi) is 11.4. The Hall–Kier alpha value is -3.78. The first-order valence-corrected chi connectivity index (χ1v) is 17.1. The highest BCUT2D eigenvalue weighted by Gasteiger charge is 2.17. The van der Waals surface area contributed by atoms with E-state index in [2.05, 4.69) is 125 Å². The topological polar surface area (TPSA) is 18.5 Å². The molecule has 230 valence electrons. The minimum absolute atomic E-state index is 0.620. The van der Waals surface area contributed by atoms with Crippen molar-refractivity contribution < 1.29 is 9.47 Å². The maximum atomic E-state index is 6.25. The number of rotatable bonds is 16. The normalized spacial score (nSPS) is 12.8. The second-order valence-electron chi connectivity index (χ2n) is 12.3. The van der Waals surface area contributed by atoms with E-state index in [1.165, 1.54) is 82.3 Å². The van der Waals surface area contributed by atoms with Crippen molar-refractivity contribution >= 4 is 21.5 Å². The number of hydrogen-bond acceptors (Lipinski definition) is 2. The highest BCUT2D eigenvalue weighted by atomic mass is 16.5. The molecule has 0 amide bonds. The van der Waals surface area contributed by atoms with E-state index < -0.39 is 0 Å². The Labute approximate surface area is 265 Å². The van der Waals surface area contributed by atoms with Gasteiger partial charge in [-0.2, -0.15) is 0 Å². The summed E-state index contributed by atoms with van der Waals surface area (Å²) in [7, 11) is 0. The zero-order valence-corrected chi connectivity index (χ0v) is 27.3. The first kappa shape index (κ1) is 31.6. The lowest BCUT2D eigenvalue weighted by Crippen LogP contribution is -2.11. The van der Waals surface area contributed by atoms with Gasteiger partial charge in [0.2, 0.25) is 0 Å². The molecular formula is C42H50O2. The fourth-order valence-electron chi connectivity index (χ4n) is 6.41. The second-order valence-corrected chi connectivity index (χ2v) is 12.3. The molecule has 0 aliphatic rings. The lowest BCUT2D eigenvalue weighted by atomic mass is 9.86. The van der Waals surface area contributed by atoms with Gasteiger partial charge in [-0.3, -0.25) is 0 Å². The van der Waals surface area contributed by atoms with Crippen molar-refractivity contribution in [3.05, 3.63) is 97.1 Å². The van der Waals surface area contributed by atoms with E-state index in [-0.39, 0.29) is 0 Å². The van der Waals surface area contributed by atoms with E-state index in [1.807, 2.05) is 0 Å². The summed E-state index contributed by atoms with van der Waals surface area (Å²) in [6.07, 6.45) is 9.83. The van der Waals surface area contributed by atoms with E-state index in [4.69, 9.17) is 9.47 Å². The van der Waals surface area contributed by atoms with Gasteiger partial charge in [0.1, 0.15) is 11.5 Å². The molecule has 5 aromatic rings. The van der Waals surface area contributed by atoms with Crippen LogP contribution in [0.5, 0.6) is 11.5 Å². The third-order valence-corrected chi connectivity index (χ3v) is 9.28. The van der Waals surface area contributed by atoms with Gasteiger partial charge in [0, 0.05) is 0 Å². The third-order valence-electron chi connectivity index (χ3n) is 9.28. The molecule has 0 N–H and O–H groups in total. The molecule has 0 saturated heterocycles. The van der Waals surface area contributed by atoms with Crippen LogP contribution in [0.4, 0.5) is 0 Å². The van der Waals surface area contributed by atoms with E-state index >= 15 is 0 Å². The van der Waals surface area contributed by atoms with Crippen LogP contribution in [0.1, 0.15) is 79.1 Å². The maximum absolute atomic E-state index is 6.25. The standard InChI is InChI=1S/C42H50O2/c1-5-9-15-31(7-3)29-43-35-25-21-33(22-26-35)41-37-17-11-13-19-39(37)42(40-20-14-12-18-38(40)41)34-23-27-36(28-24-34)44-30-32(8-4)16-10-6-2/h11-14,17-28,31-32H,5-10,15-16,29-30H2,1-4H3. The van der Waals surface area contributed by atoms with E-state index in [0.29, 0.717) is 11.8 Å². The van der Waals surface area contributed by atoms with Crippen LogP contribution in [0.15, 0.2) is 97.1 Å². The minimum Gasteiger partial charge on any atom is -0.493 e. The molecule has 2 unspecified atom stereocenters. The summed E-state index contributed by atoms with van der Waals surface area (Å²) in [6, 6.07) is 35.2. The summed E-state index contributed by atoms with van der Waals surface area (Å²) in [5.41, 5.74) is 4.98. The van der Waals surface area contributed by atoms with Gasteiger partial charge in [0.05, 0.1) is 13.2 Å².